The maximum Gasteiger partial charge on any atom is 0.274 e. The Kier molecular flexibility index (Phi) is 4.08. The number of nitrogens with one attached hydrogen (secondary N) is 1. The van der Waals surface area contributed by atoms with Gasteiger partial charge in [0, 0.05) is 6.04 Å². The van der Waals surface area contributed by atoms with Gasteiger partial charge >= 0.3 is 0 Å². The first-order valence-electron chi connectivity index (χ1n) is 7.33. The fourth-order valence-electron chi connectivity index (χ4n) is 2.94. The molecule has 1 heterocycles. The van der Waals surface area contributed by atoms with Crippen molar-refractivity contribution in [2.45, 2.75) is 42.4 Å². The van der Waals surface area contributed by atoms with Gasteiger partial charge in [-0.05, 0) is 43.4 Å². The molecule has 1 aliphatic carbocycles. The van der Waals surface area contributed by atoms with Crippen LogP contribution in [0.2, 0.25) is 0 Å². The van der Waals surface area contributed by atoms with Gasteiger partial charge in [0.15, 0.2) is 0 Å². The highest BCUT2D eigenvalue weighted by atomic mass is 32.2. The molecular formula is C16H19NO4S. The molecule has 0 saturated heterocycles. The molecule has 0 aliphatic heterocycles. The summed E-state index contributed by atoms with van der Waals surface area (Å²) in [6, 6.07) is 12.3. The lowest BCUT2D eigenvalue weighted by Crippen LogP contribution is -2.42. The van der Waals surface area contributed by atoms with Crippen molar-refractivity contribution in [3.8, 4) is 0 Å². The van der Waals surface area contributed by atoms with Crippen molar-refractivity contribution in [1.29, 1.82) is 0 Å². The second-order valence-electron chi connectivity index (χ2n) is 5.73. The lowest BCUT2D eigenvalue weighted by Gasteiger charge is -2.36. The van der Waals surface area contributed by atoms with Crippen LogP contribution < -0.4 is 4.72 Å². The number of hydrogen-bond donors (Lipinski definition) is 2. The third kappa shape index (κ3) is 3.09. The van der Waals surface area contributed by atoms with Crippen molar-refractivity contribution in [1.82, 2.24) is 4.72 Å². The Morgan fingerprint density at radius 2 is 1.77 bits per heavy atom. The van der Waals surface area contributed by atoms with Gasteiger partial charge in [0.05, 0.1) is 11.9 Å². The SMILES string of the molecule is O=S(=O)(NC1CCC(O)(c2ccccc2)CC1)c1ccco1. The summed E-state index contributed by atoms with van der Waals surface area (Å²) in [7, 11) is -3.62. The maximum atomic E-state index is 12.1. The zero-order valence-electron chi connectivity index (χ0n) is 12.1. The summed E-state index contributed by atoms with van der Waals surface area (Å²) in [5, 5.41) is 10.7. The first-order chi connectivity index (χ1) is 10.5. The van der Waals surface area contributed by atoms with Crippen LogP contribution >= 0.6 is 0 Å². The standard InChI is InChI=1S/C16H19NO4S/c18-16(13-5-2-1-3-6-13)10-8-14(9-11-16)17-22(19,20)15-7-4-12-21-15/h1-7,12,14,17-18H,8-11H2. The van der Waals surface area contributed by atoms with Crippen LogP contribution in [-0.2, 0) is 15.6 Å². The minimum Gasteiger partial charge on any atom is -0.452 e. The topological polar surface area (TPSA) is 79.5 Å². The maximum absolute atomic E-state index is 12.1. The molecule has 0 bridgehead atoms. The van der Waals surface area contributed by atoms with Crippen LogP contribution in [0.25, 0.3) is 0 Å². The molecule has 6 heteroatoms. The minimum absolute atomic E-state index is 0.0728. The van der Waals surface area contributed by atoms with Gasteiger partial charge in [-0.1, -0.05) is 30.3 Å². The zero-order chi connectivity index (χ0) is 15.6. The number of benzene rings is 1. The van der Waals surface area contributed by atoms with E-state index in [0.717, 1.165) is 5.56 Å². The molecule has 0 amide bonds. The van der Waals surface area contributed by atoms with Crippen LogP contribution in [0.1, 0.15) is 31.2 Å². The Labute approximate surface area is 130 Å². The quantitative estimate of drug-likeness (QED) is 0.906. The first kappa shape index (κ1) is 15.3. The van der Waals surface area contributed by atoms with Gasteiger partial charge in [-0.3, -0.25) is 0 Å². The van der Waals surface area contributed by atoms with E-state index in [2.05, 4.69) is 4.72 Å². The van der Waals surface area contributed by atoms with E-state index in [1.807, 2.05) is 30.3 Å². The lowest BCUT2D eigenvalue weighted by atomic mass is 9.78. The minimum atomic E-state index is -3.62. The number of rotatable bonds is 4. The molecule has 0 radical (unpaired) electrons. The third-order valence-corrected chi connectivity index (χ3v) is 5.61. The summed E-state index contributed by atoms with van der Waals surface area (Å²) < 4.78 is 31.9. The van der Waals surface area contributed by atoms with E-state index in [-0.39, 0.29) is 11.1 Å². The molecule has 2 aromatic rings. The van der Waals surface area contributed by atoms with Crippen molar-refractivity contribution in [2.24, 2.45) is 0 Å². The van der Waals surface area contributed by atoms with Gasteiger partial charge in [0.25, 0.3) is 10.0 Å². The molecule has 0 atom stereocenters. The Morgan fingerprint density at radius 1 is 1.09 bits per heavy atom. The highest BCUT2D eigenvalue weighted by Crippen LogP contribution is 2.37. The molecule has 0 unspecified atom stereocenters. The molecule has 0 spiro atoms. The molecule has 1 aliphatic rings. The monoisotopic (exact) mass is 321 g/mol. The third-order valence-electron chi connectivity index (χ3n) is 4.21. The highest BCUT2D eigenvalue weighted by Gasteiger charge is 2.36. The summed E-state index contributed by atoms with van der Waals surface area (Å²) >= 11 is 0. The summed E-state index contributed by atoms with van der Waals surface area (Å²) in [4.78, 5) is 0. The van der Waals surface area contributed by atoms with E-state index >= 15 is 0 Å². The molecule has 3 rings (SSSR count). The van der Waals surface area contributed by atoms with Crippen LogP contribution in [0.5, 0.6) is 0 Å². The Balaban J connectivity index is 1.65. The van der Waals surface area contributed by atoms with E-state index in [4.69, 9.17) is 4.42 Å². The molecule has 118 valence electrons. The largest absolute Gasteiger partial charge is 0.452 e. The van der Waals surface area contributed by atoms with Crippen LogP contribution in [0.4, 0.5) is 0 Å². The van der Waals surface area contributed by atoms with Gasteiger partial charge in [-0.25, -0.2) is 13.1 Å². The second-order valence-corrected chi connectivity index (χ2v) is 7.37. The van der Waals surface area contributed by atoms with Crippen molar-refractivity contribution in [3.63, 3.8) is 0 Å². The molecule has 1 aromatic carbocycles. The molecule has 1 fully saturated rings. The summed E-state index contributed by atoms with van der Waals surface area (Å²) in [5.74, 6) is 0. The number of hydrogen-bond acceptors (Lipinski definition) is 4. The average molecular weight is 321 g/mol. The molecule has 1 aromatic heterocycles. The molecule has 1 saturated carbocycles. The Hall–Kier alpha value is -1.63. The molecule has 2 N–H and O–H groups in total. The van der Waals surface area contributed by atoms with E-state index in [0.29, 0.717) is 25.7 Å². The van der Waals surface area contributed by atoms with Crippen molar-refractivity contribution in [3.05, 3.63) is 54.3 Å². The van der Waals surface area contributed by atoms with Gasteiger partial charge < -0.3 is 9.52 Å². The average Bonchev–Trinajstić information content (AvgIpc) is 3.06. The fourth-order valence-corrected chi connectivity index (χ4v) is 4.17. The van der Waals surface area contributed by atoms with Crippen molar-refractivity contribution >= 4 is 10.0 Å². The summed E-state index contributed by atoms with van der Waals surface area (Å²) in [6.07, 6.45) is 3.57. The molecular weight excluding hydrogens is 302 g/mol. The van der Waals surface area contributed by atoms with Crippen LogP contribution in [0, 0.1) is 0 Å². The Bertz CT molecular complexity index is 702. The predicted octanol–water partition coefficient (Wildman–Crippen LogP) is 2.39. The van der Waals surface area contributed by atoms with Crippen LogP contribution in [0.15, 0.2) is 58.2 Å². The number of furan rings is 1. The highest BCUT2D eigenvalue weighted by molar-refractivity contribution is 7.89. The second kappa shape index (κ2) is 5.87. The van der Waals surface area contributed by atoms with Crippen LogP contribution in [-0.4, -0.2) is 19.6 Å². The Morgan fingerprint density at radius 3 is 2.36 bits per heavy atom. The van der Waals surface area contributed by atoms with E-state index < -0.39 is 15.6 Å². The summed E-state index contributed by atoms with van der Waals surface area (Å²) in [6.45, 7) is 0. The normalized spacial score (nSPS) is 26.0. The van der Waals surface area contributed by atoms with E-state index in [9.17, 15) is 13.5 Å². The zero-order valence-corrected chi connectivity index (χ0v) is 12.9. The van der Waals surface area contributed by atoms with E-state index in [1.165, 1.54) is 12.3 Å². The first-order valence-corrected chi connectivity index (χ1v) is 8.82. The number of aliphatic hydroxyl groups is 1. The summed E-state index contributed by atoms with van der Waals surface area (Å²) in [5.41, 5.74) is 0.0239. The van der Waals surface area contributed by atoms with Crippen molar-refractivity contribution in [2.75, 3.05) is 0 Å². The van der Waals surface area contributed by atoms with Gasteiger partial charge in [0.2, 0.25) is 5.09 Å². The van der Waals surface area contributed by atoms with Crippen LogP contribution in [0.3, 0.4) is 0 Å². The molecule has 22 heavy (non-hydrogen) atoms. The smallest absolute Gasteiger partial charge is 0.274 e. The van der Waals surface area contributed by atoms with Gasteiger partial charge in [-0.2, -0.15) is 0 Å². The van der Waals surface area contributed by atoms with Gasteiger partial charge in [0.1, 0.15) is 0 Å². The van der Waals surface area contributed by atoms with Crippen molar-refractivity contribution < 1.29 is 17.9 Å². The molecule has 5 nitrogen and oxygen atoms in total. The van der Waals surface area contributed by atoms with Gasteiger partial charge in [-0.15, -0.1) is 0 Å². The number of sulfonamides is 1. The van der Waals surface area contributed by atoms with E-state index in [1.54, 1.807) is 6.07 Å². The fraction of sp³-hybridized carbons (Fsp3) is 0.375. The predicted molar refractivity (Wildman–Crippen MR) is 81.6 cm³/mol. The lowest BCUT2D eigenvalue weighted by molar-refractivity contribution is -0.00639.